The van der Waals surface area contributed by atoms with Crippen LogP contribution >= 0.6 is 0 Å². The molecule has 5 heteroatoms. The fourth-order valence-corrected chi connectivity index (χ4v) is 1.81. The number of hydrogen-bond donors (Lipinski definition) is 1. The van der Waals surface area contributed by atoms with E-state index in [2.05, 4.69) is 0 Å². The number of hydrogen-bond acceptors (Lipinski definition) is 3. The minimum Gasteiger partial charge on any atom is -0.294 e. The van der Waals surface area contributed by atoms with Gasteiger partial charge in [0.25, 0.3) is 10.1 Å². The van der Waals surface area contributed by atoms with Gasteiger partial charge in [0.15, 0.2) is 5.78 Å². The molecule has 0 atom stereocenters. The van der Waals surface area contributed by atoms with Gasteiger partial charge in [0.2, 0.25) is 0 Å². The van der Waals surface area contributed by atoms with Crippen LogP contribution in [0.1, 0.15) is 28.8 Å². The lowest BCUT2D eigenvalue weighted by Gasteiger charge is -2.00. The lowest BCUT2D eigenvalue weighted by atomic mass is 10.1. The minimum absolute atomic E-state index is 0.108. The average molecular weight is 242 g/mol. The van der Waals surface area contributed by atoms with Crippen LogP contribution in [0.4, 0.5) is 0 Å². The summed E-state index contributed by atoms with van der Waals surface area (Å²) in [6.45, 7) is 1.92. The molecule has 0 saturated heterocycles. The lowest BCUT2D eigenvalue weighted by molar-refractivity contribution is 0.0982. The number of carbonyl (C=O) groups is 1. The van der Waals surface area contributed by atoms with Crippen LogP contribution < -0.4 is 0 Å². The second-order valence-electron chi connectivity index (χ2n) is 3.68. The number of carbonyl (C=O) groups excluding carboxylic acids is 1. The Bertz CT molecular complexity index is 459. The monoisotopic (exact) mass is 242 g/mol. The molecule has 88 valence electrons. The molecule has 0 aliphatic rings. The summed E-state index contributed by atoms with van der Waals surface area (Å²) in [6, 6.07) is 7.09. The quantitative estimate of drug-likeness (QED) is 0.631. The highest BCUT2D eigenvalue weighted by Crippen LogP contribution is 2.08. The van der Waals surface area contributed by atoms with E-state index in [9.17, 15) is 13.2 Å². The maximum absolute atomic E-state index is 11.6. The van der Waals surface area contributed by atoms with Crippen LogP contribution in [0.2, 0.25) is 0 Å². The fraction of sp³-hybridized carbons (Fsp3) is 0.364. The van der Waals surface area contributed by atoms with E-state index < -0.39 is 10.1 Å². The summed E-state index contributed by atoms with van der Waals surface area (Å²) in [4.78, 5) is 11.6. The van der Waals surface area contributed by atoms with Crippen molar-refractivity contribution in [2.75, 3.05) is 5.75 Å². The van der Waals surface area contributed by atoms with Crippen molar-refractivity contribution in [3.05, 3.63) is 35.4 Å². The molecule has 0 spiro atoms. The first kappa shape index (κ1) is 12.9. The van der Waals surface area contributed by atoms with Crippen LogP contribution in [0, 0.1) is 6.92 Å². The molecule has 0 saturated carbocycles. The first-order valence-electron chi connectivity index (χ1n) is 4.93. The first-order valence-corrected chi connectivity index (χ1v) is 6.54. The molecule has 0 radical (unpaired) electrons. The third kappa shape index (κ3) is 4.55. The molecule has 0 aliphatic carbocycles. The normalized spacial score (nSPS) is 11.4. The zero-order valence-corrected chi connectivity index (χ0v) is 9.83. The van der Waals surface area contributed by atoms with Gasteiger partial charge in [0.1, 0.15) is 0 Å². The summed E-state index contributed by atoms with van der Waals surface area (Å²) in [7, 11) is -3.96. The Kier molecular flexibility index (Phi) is 4.20. The molecule has 0 bridgehead atoms. The summed E-state index contributed by atoms with van der Waals surface area (Å²) >= 11 is 0. The van der Waals surface area contributed by atoms with E-state index in [1.54, 1.807) is 12.1 Å². The van der Waals surface area contributed by atoms with Crippen molar-refractivity contribution in [1.82, 2.24) is 0 Å². The number of rotatable bonds is 5. The standard InChI is InChI=1S/C11H14O4S/c1-9-4-6-10(7-5-9)11(12)3-2-8-16(13,14)15/h4-7H,2-3,8H2,1H3,(H,13,14,15). The Morgan fingerprint density at radius 3 is 2.31 bits per heavy atom. The number of ketones is 1. The SMILES string of the molecule is Cc1ccc(C(=O)CCCS(=O)(=O)O)cc1. The number of benzene rings is 1. The summed E-state index contributed by atoms with van der Waals surface area (Å²) in [6.07, 6.45) is 0.272. The van der Waals surface area contributed by atoms with Crippen molar-refractivity contribution in [3.63, 3.8) is 0 Å². The van der Waals surface area contributed by atoms with Gasteiger partial charge in [-0.15, -0.1) is 0 Å². The predicted octanol–water partition coefficient (Wildman–Crippen LogP) is 1.85. The van der Waals surface area contributed by atoms with Gasteiger partial charge < -0.3 is 0 Å². The molecule has 1 rings (SSSR count). The molecule has 0 aliphatic heterocycles. The lowest BCUT2D eigenvalue weighted by Crippen LogP contribution is -2.07. The third-order valence-corrected chi connectivity index (χ3v) is 2.98. The molecular weight excluding hydrogens is 228 g/mol. The van der Waals surface area contributed by atoms with Crippen molar-refractivity contribution in [2.45, 2.75) is 19.8 Å². The zero-order valence-electron chi connectivity index (χ0n) is 9.01. The fourth-order valence-electron chi connectivity index (χ4n) is 1.30. The van der Waals surface area contributed by atoms with Crippen molar-refractivity contribution < 1.29 is 17.8 Å². The van der Waals surface area contributed by atoms with Crippen LogP contribution in [0.5, 0.6) is 0 Å². The predicted molar refractivity (Wildman–Crippen MR) is 61.2 cm³/mol. The summed E-state index contributed by atoms with van der Waals surface area (Å²) in [5.41, 5.74) is 1.63. The molecule has 4 nitrogen and oxygen atoms in total. The van der Waals surface area contributed by atoms with E-state index in [1.165, 1.54) is 0 Å². The Hall–Kier alpha value is -1.20. The Balaban J connectivity index is 2.50. The van der Waals surface area contributed by atoms with E-state index in [1.807, 2.05) is 19.1 Å². The summed E-state index contributed by atoms with van der Waals surface area (Å²) in [5, 5.41) is 0. The van der Waals surface area contributed by atoms with Crippen LogP contribution in [-0.2, 0) is 10.1 Å². The Morgan fingerprint density at radius 1 is 1.25 bits per heavy atom. The van der Waals surface area contributed by atoms with Gasteiger partial charge in [-0.1, -0.05) is 29.8 Å². The van der Waals surface area contributed by atoms with E-state index in [0.717, 1.165) is 5.56 Å². The third-order valence-electron chi connectivity index (χ3n) is 2.18. The molecule has 0 heterocycles. The van der Waals surface area contributed by atoms with Crippen LogP contribution in [0.3, 0.4) is 0 Å². The van der Waals surface area contributed by atoms with Gasteiger partial charge in [-0.25, -0.2) is 0 Å². The number of Topliss-reactive ketones (excluding diaryl/α,β-unsaturated/α-hetero) is 1. The molecule has 1 N–H and O–H groups in total. The van der Waals surface area contributed by atoms with E-state index in [4.69, 9.17) is 4.55 Å². The van der Waals surface area contributed by atoms with E-state index >= 15 is 0 Å². The number of aryl methyl sites for hydroxylation is 1. The largest absolute Gasteiger partial charge is 0.294 e. The van der Waals surface area contributed by atoms with E-state index in [0.29, 0.717) is 5.56 Å². The van der Waals surface area contributed by atoms with Gasteiger partial charge in [0.05, 0.1) is 5.75 Å². The highest BCUT2D eigenvalue weighted by molar-refractivity contribution is 7.85. The van der Waals surface area contributed by atoms with Crippen molar-refractivity contribution >= 4 is 15.9 Å². The summed E-state index contributed by atoms with van der Waals surface area (Å²) < 4.78 is 29.4. The van der Waals surface area contributed by atoms with Crippen LogP contribution in [-0.4, -0.2) is 24.5 Å². The van der Waals surface area contributed by atoms with Crippen molar-refractivity contribution in [3.8, 4) is 0 Å². The topological polar surface area (TPSA) is 71.4 Å². The Morgan fingerprint density at radius 2 is 1.81 bits per heavy atom. The van der Waals surface area contributed by atoms with Crippen molar-refractivity contribution in [1.29, 1.82) is 0 Å². The van der Waals surface area contributed by atoms with Gasteiger partial charge in [-0.2, -0.15) is 8.42 Å². The molecule has 16 heavy (non-hydrogen) atoms. The van der Waals surface area contributed by atoms with Gasteiger partial charge in [0, 0.05) is 12.0 Å². The van der Waals surface area contributed by atoms with E-state index in [-0.39, 0.29) is 24.4 Å². The molecule has 0 unspecified atom stereocenters. The Labute approximate surface area is 95.0 Å². The van der Waals surface area contributed by atoms with Crippen molar-refractivity contribution in [2.24, 2.45) is 0 Å². The highest BCUT2D eigenvalue weighted by atomic mass is 32.2. The second kappa shape index (κ2) is 5.23. The first-order chi connectivity index (χ1) is 7.38. The maximum atomic E-state index is 11.6. The molecule has 0 aromatic heterocycles. The van der Waals surface area contributed by atoms with Crippen LogP contribution in [0.15, 0.2) is 24.3 Å². The molecule has 1 aromatic carbocycles. The summed E-state index contributed by atoms with van der Waals surface area (Å²) in [5.74, 6) is -0.478. The van der Waals surface area contributed by atoms with Gasteiger partial charge in [-0.05, 0) is 13.3 Å². The molecule has 0 fully saturated rings. The van der Waals surface area contributed by atoms with Gasteiger partial charge >= 0.3 is 0 Å². The van der Waals surface area contributed by atoms with Crippen LogP contribution in [0.25, 0.3) is 0 Å². The smallest absolute Gasteiger partial charge is 0.264 e. The highest BCUT2D eigenvalue weighted by Gasteiger charge is 2.09. The molecular formula is C11H14O4S. The maximum Gasteiger partial charge on any atom is 0.264 e. The zero-order chi connectivity index (χ0) is 12.2. The van der Waals surface area contributed by atoms with Gasteiger partial charge in [-0.3, -0.25) is 9.35 Å². The average Bonchev–Trinajstić information content (AvgIpc) is 2.16. The second-order valence-corrected chi connectivity index (χ2v) is 5.25. The molecule has 0 amide bonds. The minimum atomic E-state index is -3.96. The molecule has 1 aromatic rings.